The van der Waals surface area contributed by atoms with E-state index in [0.717, 1.165) is 25.8 Å². The first kappa shape index (κ1) is 28.3. The second kappa shape index (κ2) is 11.7. The molecule has 0 saturated carbocycles. The molecule has 194 valence electrons. The fourth-order valence-electron chi connectivity index (χ4n) is 4.19. The molecule has 1 aromatic rings. The molecule has 0 aliphatic carbocycles. The van der Waals surface area contributed by atoms with E-state index in [2.05, 4.69) is 26.6 Å². The molecule has 0 atom stereocenters. The quantitative estimate of drug-likeness (QED) is 0.588. The molecule has 1 aromatic heterocycles. The average Bonchev–Trinajstić information content (AvgIpc) is 3.37. The zero-order valence-corrected chi connectivity index (χ0v) is 18.9. The van der Waals surface area contributed by atoms with Crippen LogP contribution in [0.25, 0.3) is 0 Å². The van der Waals surface area contributed by atoms with Gasteiger partial charge < -0.3 is 14.9 Å². The first-order valence-corrected chi connectivity index (χ1v) is 11.3. The number of carboxylic acid groups (broad SMARTS) is 2. The first-order valence-electron chi connectivity index (χ1n) is 10.4. The highest BCUT2D eigenvalue weighted by Crippen LogP contribution is 2.42. The van der Waals surface area contributed by atoms with Crippen LogP contribution in [-0.2, 0) is 20.9 Å². The Morgan fingerprint density at radius 1 is 1.03 bits per heavy atom. The number of aliphatic carboxylic acids is 2. The summed E-state index contributed by atoms with van der Waals surface area (Å²) in [7, 11) is 0. The zero-order valence-electron chi connectivity index (χ0n) is 18.1. The largest absolute Gasteiger partial charge is 0.490 e. The van der Waals surface area contributed by atoms with Crippen molar-refractivity contribution in [2.24, 2.45) is 5.41 Å². The van der Waals surface area contributed by atoms with Crippen LogP contribution in [0.1, 0.15) is 24.8 Å². The molecule has 2 N–H and O–H groups in total. The van der Waals surface area contributed by atoms with Gasteiger partial charge in [-0.15, -0.1) is 0 Å². The summed E-state index contributed by atoms with van der Waals surface area (Å²) in [6, 6.07) is 3.07. The summed E-state index contributed by atoms with van der Waals surface area (Å²) in [6.07, 6.45) is -6.28. The highest BCUT2D eigenvalue weighted by Gasteiger charge is 2.49. The lowest BCUT2D eigenvalue weighted by atomic mass is 9.77. The number of rotatable bonds is 3. The Morgan fingerprint density at radius 3 is 2.00 bits per heavy atom. The summed E-state index contributed by atoms with van der Waals surface area (Å²) in [5.41, 5.74) is 2.11. The minimum atomic E-state index is -5.08. The molecule has 1 spiro atoms. The molecule has 3 aliphatic rings. The van der Waals surface area contributed by atoms with Gasteiger partial charge in [0.05, 0.1) is 0 Å². The molecule has 0 amide bonds. The van der Waals surface area contributed by atoms with Crippen molar-refractivity contribution < 1.29 is 50.9 Å². The molecule has 0 unspecified atom stereocenters. The Kier molecular flexibility index (Phi) is 9.74. The summed E-state index contributed by atoms with van der Waals surface area (Å²) in [5, 5.41) is 18.7. The highest BCUT2D eigenvalue weighted by atomic mass is 32.1. The molecule has 14 heteroatoms. The molecule has 0 bridgehead atoms. The molecule has 0 radical (unpaired) electrons. The van der Waals surface area contributed by atoms with E-state index in [1.807, 2.05) is 11.3 Å². The molecule has 3 fully saturated rings. The molecule has 34 heavy (non-hydrogen) atoms. The van der Waals surface area contributed by atoms with Crippen molar-refractivity contribution in [3.05, 3.63) is 22.4 Å². The van der Waals surface area contributed by atoms with Crippen LogP contribution in [0, 0.1) is 5.41 Å². The van der Waals surface area contributed by atoms with E-state index in [-0.39, 0.29) is 0 Å². The molecule has 0 aromatic carbocycles. The first-order chi connectivity index (χ1) is 15.7. The number of carboxylic acids is 2. The van der Waals surface area contributed by atoms with Gasteiger partial charge in [0.1, 0.15) is 0 Å². The number of alkyl halides is 6. The van der Waals surface area contributed by atoms with Gasteiger partial charge in [0.2, 0.25) is 0 Å². The van der Waals surface area contributed by atoms with Crippen LogP contribution >= 0.6 is 11.3 Å². The van der Waals surface area contributed by atoms with Gasteiger partial charge in [-0.1, -0.05) is 0 Å². The predicted molar refractivity (Wildman–Crippen MR) is 109 cm³/mol. The summed E-state index contributed by atoms with van der Waals surface area (Å²) < 4.78 is 68.9. The fraction of sp³-hybridized carbons (Fsp3) is 0.700. The second-order valence-electron chi connectivity index (χ2n) is 8.45. The monoisotopic (exact) mass is 520 g/mol. The number of hydrogen-bond donors (Lipinski definition) is 2. The Morgan fingerprint density at radius 2 is 1.56 bits per heavy atom. The van der Waals surface area contributed by atoms with Crippen LogP contribution in [-0.4, -0.2) is 89.7 Å². The smallest absolute Gasteiger partial charge is 0.475 e. The van der Waals surface area contributed by atoms with Crippen molar-refractivity contribution in [1.82, 2.24) is 9.80 Å². The van der Waals surface area contributed by atoms with E-state index in [1.165, 1.54) is 51.0 Å². The maximum atomic E-state index is 10.6. The van der Waals surface area contributed by atoms with E-state index in [0.29, 0.717) is 5.41 Å². The van der Waals surface area contributed by atoms with Crippen molar-refractivity contribution >= 4 is 23.3 Å². The van der Waals surface area contributed by atoms with Crippen molar-refractivity contribution in [3.63, 3.8) is 0 Å². The van der Waals surface area contributed by atoms with E-state index in [9.17, 15) is 26.3 Å². The number of nitrogens with zero attached hydrogens (tertiary/aromatic N) is 2. The molecule has 3 saturated heterocycles. The Balaban J connectivity index is 0.000000244. The number of hydrogen-bond acceptors (Lipinski definition) is 6. The van der Waals surface area contributed by atoms with Crippen molar-refractivity contribution in [2.45, 2.75) is 44.2 Å². The topological polar surface area (TPSA) is 90.3 Å². The second-order valence-corrected chi connectivity index (χ2v) is 9.23. The lowest BCUT2D eigenvalue weighted by Crippen LogP contribution is -2.61. The average molecular weight is 520 g/mol. The minimum absolute atomic E-state index is 0.619. The summed E-state index contributed by atoms with van der Waals surface area (Å²) in [4.78, 5) is 23.2. The van der Waals surface area contributed by atoms with Gasteiger partial charge in [0.25, 0.3) is 0 Å². The minimum Gasteiger partial charge on any atom is -0.475 e. The fourth-order valence-corrected chi connectivity index (χ4v) is 4.85. The highest BCUT2D eigenvalue weighted by molar-refractivity contribution is 7.07. The summed E-state index contributed by atoms with van der Waals surface area (Å²) in [6.45, 7) is 8.36. The maximum Gasteiger partial charge on any atom is 0.490 e. The summed E-state index contributed by atoms with van der Waals surface area (Å²) in [5.74, 6) is -5.51. The van der Waals surface area contributed by atoms with Gasteiger partial charge in [-0.25, -0.2) is 9.59 Å². The molecule has 4 heterocycles. The lowest BCUT2D eigenvalue weighted by molar-refractivity contribution is -0.193. The molecular weight excluding hydrogens is 494 g/mol. The molecule has 4 rings (SSSR count). The third kappa shape index (κ3) is 8.71. The van der Waals surface area contributed by atoms with Crippen molar-refractivity contribution in [1.29, 1.82) is 0 Å². The van der Waals surface area contributed by atoms with Gasteiger partial charge in [-0.3, -0.25) is 9.80 Å². The normalized spacial score (nSPS) is 21.1. The van der Waals surface area contributed by atoms with E-state index in [4.69, 9.17) is 24.5 Å². The molecular formula is C20H26F6N2O5S. The van der Waals surface area contributed by atoms with Crippen LogP contribution in [0.4, 0.5) is 26.3 Å². The number of ether oxygens (including phenoxy) is 1. The lowest BCUT2D eigenvalue weighted by Gasteiger charge is -2.52. The zero-order chi connectivity index (χ0) is 25.6. The van der Waals surface area contributed by atoms with E-state index in [1.54, 1.807) is 0 Å². The maximum absolute atomic E-state index is 10.6. The molecule has 7 nitrogen and oxygen atoms in total. The van der Waals surface area contributed by atoms with Crippen LogP contribution in [0.5, 0.6) is 0 Å². The van der Waals surface area contributed by atoms with Crippen molar-refractivity contribution in [2.75, 3.05) is 39.4 Å². The van der Waals surface area contributed by atoms with Gasteiger partial charge >= 0.3 is 24.3 Å². The Hall–Kier alpha value is -1.90. The van der Waals surface area contributed by atoms with Crippen molar-refractivity contribution in [3.8, 4) is 0 Å². The van der Waals surface area contributed by atoms with Crippen LogP contribution in [0.2, 0.25) is 0 Å². The third-order valence-corrected chi connectivity index (χ3v) is 6.50. The number of carbonyl (C=O) groups is 2. The van der Waals surface area contributed by atoms with Crippen LogP contribution in [0.3, 0.4) is 0 Å². The van der Waals surface area contributed by atoms with E-state index < -0.39 is 24.3 Å². The van der Waals surface area contributed by atoms with E-state index >= 15 is 0 Å². The Bertz CT molecular complexity index is 766. The van der Waals surface area contributed by atoms with Gasteiger partial charge in [-0.05, 0) is 48.2 Å². The van der Waals surface area contributed by atoms with Gasteiger partial charge in [0.15, 0.2) is 0 Å². The van der Waals surface area contributed by atoms with Crippen LogP contribution in [0.15, 0.2) is 16.8 Å². The van der Waals surface area contributed by atoms with Gasteiger partial charge in [-0.2, -0.15) is 37.7 Å². The Labute approximate surface area is 195 Å². The standard InChI is InChI=1S/C16H24N2OS.2C2HF3O2/c1-6-19-7-2-15(1)18-12-16(13-18)4-5-17(11-16)9-14-3-8-20-10-14;2*3-2(4,5)1(6)7/h3,8,10,15H,1-2,4-7,9,11-13H2;2*(H,6,7). The summed E-state index contributed by atoms with van der Waals surface area (Å²) >= 11 is 1.82. The van der Waals surface area contributed by atoms with Gasteiger partial charge in [0, 0.05) is 50.8 Å². The predicted octanol–water partition coefficient (Wildman–Crippen LogP) is 3.70. The number of likely N-dealkylation sites (tertiary alicyclic amines) is 2. The SMILES string of the molecule is O=C(O)C(F)(F)F.O=C(O)C(F)(F)F.c1cc(CN2CCC3(C2)CN(C2CCOCC2)C3)cs1. The third-order valence-electron chi connectivity index (χ3n) is 5.77. The molecule has 3 aliphatic heterocycles. The number of thiophene rings is 1. The number of halogens is 6. The van der Waals surface area contributed by atoms with Crippen LogP contribution < -0.4 is 0 Å².